The minimum Gasteiger partial charge on any atom is -0.508 e. The summed E-state index contributed by atoms with van der Waals surface area (Å²) in [7, 11) is 0. The van der Waals surface area contributed by atoms with Crippen LogP contribution in [0.25, 0.3) is 0 Å². The minimum atomic E-state index is 0.327. The van der Waals surface area contributed by atoms with Crippen molar-refractivity contribution in [1.29, 1.82) is 0 Å². The summed E-state index contributed by atoms with van der Waals surface area (Å²) in [4.78, 5) is 2.42. The van der Waals surface area contributed by atoms with Crippen molar-refractivity contribution in [3.8, 4) is 5.75 Å². The fraction of sp³-hybridized carbons (Fsp3) is 0.704. The van der Waals surface area contributed by atoms with Crippen LogP contribution < -0.4 is 0 Å². The van der Waals surface area contributed by atoms with Gasteiger partial charge in [0.25, 0.3) is 0 Å². The summed E-state index contributed by atoms with van der Waals surface area (Å²) in [5, 5.41) is 12.2. The second kappa shape index (κ2) is 16.6. The molecule has 0 aromatic heterocycles. The van der Waals surface area contributed by atoms with Crippen molar-refractivity contribution in [1.82, 2.24) is 4.90 Å². The molecule has 0 amide bonds. The molecule has 0 aliphatic carbocycles. The highest BCUT2D eigenvalue weighted by atomic mass is 32.2. The van der Waals surface area contributed by atoms with Gasteiger partial charge >= 0.3 is 0 Å². The molecule has 0 saturated carbocycles. The third kappa shape index (κ3) is 10.8. The Kier molecular flexibility index (Phi) is 13.9. The van der Waals surface area contributed by atoms with E-state index >= 15 is 0 Å². The number of nitrogens with zero attached hydrogens (tertiary/aromatic N) is 1. The quantitative estimate of drug-likeness (QED) is 0.234. The van der Waals surface area contributed by atoms with Crippen molar-refractivity contribution >= 4 is 11.8 Å². The molecule has 1 N–H and O–H groups in total. The van der Waals surface area contributed by atoms with E-state index in [0.717, 1.165) is 6.54 Å². The lowest BCUT2D eigenvalue weighted by molar-refractivity contribution is 0.352. The van der Waals surface area contributed by atoms with E-state index in [1.165, 1.54) is 108 Å². The molecule has 1 aliphatic heterocycles. The summed E-state index contributed by atoms with van der Waals surface area (Å²) in [6.07, 6.45) is 24.8. The summed E-state index contributed by atoms with van der Waals surface area (Å²) < 4.78 is 0. The number of phenols is 1. The van der Waals surface area contributed by atoms with Crippen LogP contribution in [0.4, 0.5) is 0 Å². The van der Waals surface area contributed by atoms with Gasteiger partial charge in [-0.15, -0.1) is 11.8 Å². The van der Waals surface area contributed by atoms with Crippen LogP contribution in [0.15, 0.2) is 35.9 Å². The summed E-state index contributed by atoms with van der Waals surface area (Å²) in [5.74, 6) is 0.363. The molecular weight excluding hydrogens is 386 g/mol. The molecule has 30 heavy (non-hydrogen) atoms. The second-order valence-corrected chi connectivity index (χ2v) is 9.90. The van der Waals surface area contributed by atoms with Crippen LogP contribution in [-0.2, 0) is 0 Å². The zero-order chi connectivity index (χ0) is 21.3. The van der Waals surface area contributed by atoms with Gasteiger partial charge < -0.3 is 10.0 Å². The topological polar surface area (TPSA) is 23.5 Å². The van der Waals surface area contributed by atoms with Crippen molar-refractivity contribution in [3.05, 3.63) is 41.4 Å². The monoisotopic (exact) mass is 431 g/mol. The number of phenolic OH excluding ortho intramolecular Hbond substituents is 1. The third-order valence-corrected chi connectivity index (χ3v) is 7.27. The van der Waals surface area contributed by atoms with Crippen LogP contribution in [0.5, 0.6) is 5.75 Å². The molecule has 0 saturated heterocycles. The number of aromatic hydroxyl groups is 1. The summed E-state index contributed by atoms with van der Waals surface area (Å²) in [5.41, 5.74) is 1.20. The Morgan fingerprint density at radius 1 is 0.767 bits per heavy atom. The van der Waals surface area contributed by atoms with E-state index in [-0.39, 0.29) is 0 Å². The molecule has 1 unspecified atom stereocenters. The molecule has 0 radical (unpaired) electrons. The highest BCUT2D eigenvalue weighted by molar-refractivity contribution is 8.02. The highest BCUT2D eigenvalue weighted by Crippen LogP contribution is 2.39. The molecular formula is C27H45NOS. The first-order chi connectivity index (χ1) is 14.8. The van der Waals surface area contributed by atoms with Gasteiger partial charge in [-0.05, 0) is 29.5 Å². The standard InChI is InChI=1S/C27H45NOS/c1-2-3-4-5-6-7-8-9-10-11-12-13-14-15-16-17-21-28-22-23-30-27(28)25-19-18-20-26(29)24-25/h18-20,22-24,27,29H,2-17,21H2,1H3. The van der Waals surface area contributed by atoms with Crippen LogP contribution in [0.1, 0.15) is 121 Å². The second-order valence-electron chi connectivity index (χ2n) is 8.91. The number of hydrogen-bond donors (Lipinski definition) is 1. The normalized spacial score (nSPS) is 15.9. The Morgan fingerprint density at radius 2 is 1.30 bits per heavy atom. The van der Waals surface area contributed by atoms with E-state index in [4.69, 9.17) is 0 Å². The third-order valence-electron chi connectivity index (χ3n) is 6.19. The number of thioether (sulfide) groups is 1. The molecule has 2 nitrogen and oxygen atoms in total. The lowest BCUT2D eigenvalue weighted by atomic mass is 10.0. The van der Waals surface area contributed by atoms with Gasteiger partial charge in [-0.2, -0.15) is 0 Å². The van der Waals surface area contributed by atoms with E-state index in [1.807, 2.05) is 23.9 Å². The molecule has 0 fully saturated rings. The summed E-state index contributed by atoms with van der Waals surface area (Å²) in [6, 6.07) is 7.70. The fourth-order valence-corrected chi connectivity index (χ4v) is 5.34. The Labute approximate surface area is 190 Å². The van der Waals surface area contributed by atoms with Crippen LogP contribution in [-0.4, -0.2) is 16.6 Å². The van der Waals surface area contributed by atoms with Gasteiger partial charge in [0.05, 0.1) is 0 Å². The number of rotatable bonds is 18. The van der Waals surface area contributed by atoms with Gasteiger partial charge in [0.15, 0.2) is 0 Å². The Morgan fingerprint density at radius 3 is 1.83 bits per heavy atom. The summed E-state index contributed by atoms with van der Waals surface area (Å²) >= 11 is 1.83. The number of unbranched alkanes of at least 4 members (excludes halogenated alkanes) is 15. The highest BCUT2D eigenvalue weighted by Gasteiger charge is 2.21. The lowest BCUT2D eigenvalue weighted by Gasteiger charge is -2.25. The van der Waals surface area contributed by atoms with Gasteiger partial charge in [0.2, 0.25) is 0 Å². The lowest BCUT2D eigenvalue weighted by Crippen LogP contribution is -2.19. The molecule has 2 rings (SSSR count). The zero-order valence-electron chi connectivity index (χ0n) is 19.4. The Bertz CT molecular complexity index is 574. The Balaban J connectivity index is 1.38. The minimum absolute atomic E-state index is 0.327. The molecule has 0 spiro atoms. The van der Waals surface area contributed by atoms with Gasteiger partial charge in [-0.1, -0.05) is 115 Å². The van der Waals surface area contributed by atoms with Crippen LogP contribution in [0, 0.1) is 0 Å². The Hall–Kier alpha value is -1.09. The zero-order valence-corrected chi connectivity index (χ0v) is 20.2. The van der Waals surface area contributed by atoms with E-state index < -0.39 is 0 Å². The first-order valence-corrected chi connectivity index (χ1v) is 13.6. The van der Waals surface area contributed by atoms with Crippen LogP contribution in [0.2, 0.25) is 0 Å². The van der Waals surface area contributed by atoms with Gasteiger partial charge in [-0.25, -0.2) is 0 Å². The number of hydrogen-bond acceptors (Lipinski definition) is 3. The molecule has 1 atom stereocenters. The van der Waals surface area contributed by atoms with Crippen molar-refractivity contribution < 1.29 is 5.11 Å². The maximum absolute atomic E-state index is 9.74. The van der Waals surface area contributed by atoms with E-state index in [1.54, 1.807) is 6.07 Å². The predicted octanol–water partition coefficient (Wildman–Crippen LogP) is 9.17. The van der Waals surface area contributed by atoms with Gasteiger partial charge in [0.1, 0.15) is 11.1 Å². The van der Waals surface area contributed by atoms with Crippen LogP contribution >= 0.6 is 11.8 Å². The SMILES string of the molecule is CCCCCCCCCCCCCCCCCCN1C=CSC1c1cccc(O)c1. The number of benzene rings is 1. The van der Waals surface area contributed by atoms with Crippen molar-refractivity contribution in [2.45, 2.75) is 115 Å². The fourth-order valence-electron chi connectivity index (χ4n) is 4.33. The molecule has 170 valence electrons. The summed E-state index contributed by atoms with van der Waals surface area (Å²) in [6.45, 7) is 3.41. The average molecular weight is 432 g/mol. The van der Waals surface area contributed by atoms with E-state index in [0.29, 0.717) is 11.1 Å². The molecule has 3 heteroatoms. The van der Waals surface area contributed by atoms with E-state index in [9.17, 15) is 5.11 Å². The van der Waals surface area contributed by atoms with E-state index in [2.05, 4.69) is 29.5 Å². The molecule has 1 heterocycles. The molecule has 1 aliphatic rings. The van der Waals surface area contributed by atoms with Crippen molar-refractivity contribution in [3.63, 3.8) is 0 Å². The van der Waals surface area contributed by atoms with Crippen molar-refractivity contribution in [2.24, 2.45) is 0 Å². The molecule has 0 bridgehead atoms. The van der Waals surface area contributed by atoms with Gasteiger partial charge in [0, 0.05) is 12.7 Å². The van der Waals surface area contributed by atoms with Gasteiger partial charge in [-0.3, -0.25) is 0 Å². The first kappa shape index (κ1) is 25.2. The maximum Gasteiger partial charge on any atom is 0.115 e. The predicted molar refractivity (Wildman–Crippen MR) is 134 cm³/mol. The largest absolute Gasteiger partial charge is 0.508 e. The average Bonchev–Trinajstić information content (AvgIpc) is 3.22. The smallest absolute Gasteiger partial charge is 0.115 e. The first-order valence-electron chi connectivity index (χ1n) is 12.7. The molecule has 1 aromatic carbocycles. The van der Waals surface area contributed by atoms with Crippen LogP contribution in [0.3, 0.4) is 0 Å². The van der Waals surface area contributed by atoms with Crippen molar-refractivity contribution in [2.75, 3.05) is 6.54 Å². The molecule has 1 aromatic rings. The maximum atomic E-state index is 9.74.